The number of benzene rings is 1. The zero-order valence-corrected chi connectivity index (χ0v) is 11.2. The molecule has 1 atom stereocenters. The highest BCUT2D eigenvalue weighted by molar-refractivity contribution is 6.00. The van der Waals surface area contributed by atoms with Gasteiger partial charge < -0.3 is 15.2 Å². The Balaban J connectivity index is 2.63. The molecule has 18 heavy (non-hydrogen) atoms. The molecule has 0 aliphatic heterocycles. The van der Waals surface area contributed by atoms with Gasteiger partial charge in [-0.05, 0) is 44.5 Å². The molecule has 0 amide bonds. The van der Waals surface area contributed by atoms with Crippen LogP contribution in [0.4, 0.5) is 0 Å². The van der Waals surface area contributed by atoms with E-state index in [4.69, 9.17) is 15.2 Å². The molecule has 0 spiro atoms. The van der Waals surface area contributed by atoms with Crippen molar-refractivity contribution in [1.29, 1.82) is 0 Å². The van der Waals surface area contributed by atoms with E-state index in [1.54, 1.807) is 31.4 Å². The Labute approximate surface area is 108 Å². The first-order valence-corrected chi connectivity index (χ1v) is 6.10. The average molecular weight is 251 g/mol. The van der Waals surface area contributed by atoms with E-state index in [-0.39, 0.29) is 11.9 Å². The number of carbonyl (C=O) groups is 1. The lowest BCUT2D eigenvalue weighted by atomic mass is 10.0. The fourth-order valence-corrected chi connectivity index (χ4v) is 1.56. The third-order valence-corrected chi connectivity index (χ3v) is 2.48. The third-order valence-electron chi connectivity index (χ3n) is 2.48. The molecule has 2 N–H and O–H groups in total. The minimum absolute atomic E-state index is 0.0665. The van der Waals surface area contributed by atoms with E-state index in [0.29, 0.717) is 18.6 Å². The number of ketones is 1. The number of hydrogen-bond acceptors (Lipinski definition) is 4. The van der Waals surface area contributed by atoms with Gasteiger partial charge in [0.05, 0.1) is 12.1 Å². The van der Waals surface area contributed by atoms with Crippen LogP contribution in [0.2, 0.25) is 0 Å². The molecule has 0 aliphatic carbocycles. The molecule has 4 heteroatoms. The fraction of sp³-hybridized carbons (Fsp3) is 0.500. The van der Waals surface area contributed by atoms with Gasteiger partial charge in [-0.25, -0.2) is 0 Å². The van der Waals surface area contributed by atoms with Gasteiger partial charge in [0.1, 0.15) is 5.75 Å². The van der Waals surface area contributed by atoms with E-state index in [1.807, 2.05) is 13.8 Å². The Kier molecular flexibility index (Phi) is 5.82. The number of ether oxygens (including phenoxy) is 2. The van der Waals surface area contributed by atoms with Crippen LogP contribution in [-0.2, 0) is 4.74 Å². The Morgan fingerprint density at radius 3 is 2.39 bits per heavy atom. The lowest BCUT2D eigenvalue weighted by Crippen LogP contribution is -2.31. The van der Waals surface area contributed by atoms with Gasteiger partial charge in [-0.1, -0.05) is 0 Å². The number of carbonyl (C=O) groups excluding carboxylic acids is 1. The van der Waals surface area contributed by atoms with E-state index in [9.17, 15) is 4.79 Å². The van der Waals surface area contributed by atoms with Gasteiger partial charge >= 0.3 is 0 Å². The molecule has 0 saturated carbocycles. The summed E-state index contributed by atoms with van der Waals surface area (Å²) in [6.45, 7) is 4.40. The lowest BCUT2D eigenvalue weighted by Gasteiger charge is -2.12. The van der Waals surface area contributed by atoms with Crippen molar-refractivity contribution in [2.75, 3.05) is 13.7 Å². The van der Waals surface area contributed by atoms with Crippen LogP contribution in [0, 0.1) is 0 Å². The first-order valence-electron chi connectivity index (χ1n) is 6.10. The van der Waals surface area contributed by atoms with Crippen molar-refractivity contribution in [3.63, 3.8) is 0 Å². The zero-order valence-electron chi connectivity index (χ0n) is 11.2. The lowest BCUT2D eigenvalue weighted by molar-refractivity contribution is 0.0935. The second-order valence-electron chi connectivity index (χ2n) is 4.44. The van der Waals surface area contributed by atoms with E-state index < -0.39 is 6.04 Å². The number of Topliss-reactive ketones (excluding diaryl/α,β-unsaturated/α-hetero) is 1. The Bertz CT molecular complexity index is 373. The topological polar surface area (TPSA) is 61.5 Å². The normalized spacial score (nSPS) is 12.5. The van der Waals surface area contributed by atoms with Gasteiger partial charge in [0.25, 0.3) is 0 Å². The maximum Gasteiger partial charge on any atom is 0.179 e. The molecule has 100 valence electrons. The molecule has 0 bridgehead atoms. The summed E-state index contributed by atoms with van der Waals surface area (Å²) in [6.07, 6.45) is 0.648. The highest BCUT2D eigenvalue weighted by Crippen LogP contribution is 2.15. The highest BCUT2D eigenvalue weighted by atomic mass is 16.5. The Hall–Kier alpha value is -1.39. The maximum atomic E-state index is 12.0. The van der Waals surface area contributed by atoms with Crippen LogP contribution in [0.25, 0.3) is 0 Å². The van der Waals surface area contributed by atoms with E-state index in [0.717, 1.165) is 5.75 Å². The molecule has 0 heterocycles. The standard InChI is InChI=1S/C14H21NO3/c1-10(2)18-12-6-4-11(5-7-12)14(16)13(15)8-9-17-3/h4-7,10,13H,8-9,15H2,1-3H3. The van der Waals surface area contributed by atoms with E-state index in [2.05, 4.69) is 0 Å². The molecule has 0 radical (unpaired) electrons. The zero-order chi connectivity index (χ0) is 13.5. The summed E-state index contributed by atoms with van der Waals surface area (Å²) >= 11 is 0. The van der Waals surface area contributed by atoms with Gasteiger partial charge in [0, 0.05) is 19.3 Å². The molecule has 1 unspecified atom stereocenters. The van der Waals surface area contributed by atoms with Crippen LogP contribution in [0.1, 0.15) is 30.6 Å². The number of hydrogen-bond donors (Lipinski definition) is 1. The summed E-state index contributed by atoms with van der Waals surface area (Å²) in [5, 5.41) is 0. The van der Waals surface area contributed by atoms with Crippen LogP contribution >= 0.6 is 0 Å². The highest BCUT2D eigenvalue weighted by Gasteiger charge is 2.15. The van der Waals surface area contributed by atoms with Gasteiger partial charge in [-0.3, -0.25) is 4.79 Å². The smallest absolute Gasteiger partial charge is 0.179 e. The fourth-order valence-electron chi connectivity index (χ4n) is 1.56. The Morgan fingerprint density at radius 2 is 1.89 bits per heavy atom. The van der Waals surface area contributed by atoms with Crippen LogP contribution < -0.4 is 10.5 Å². The molecule has 1 rings (SSSR count). The number of rotatable bonds is 7. The minimum atomic E-state index is -0.512. The molecule has 0 aromatic heterocycles. The van der Waals surface area contributed by atoms with Crippen molar-refractivity contribution in [1.82, 2.24) is 0 Å². The van der Waals surface area contributed by atoms with Crippen LogP contribution in [0.5, 0.6) is 5.75 Å². The molecule has 1 aromatic rings. The van der Waals surface area contributed by atoms with E-state index >= 15 is 0 Å². The largest absolute Gasteiger partial charge is 0.491 e. The molecule has 0 fully saturated rings. The second kappa shape index (κ2) is 7.13. The predicted octanol–water partition coefficient (Wildman–Crippen LogP) is 2.02. The summed E-state index contributed by atoms with van der Waals surface area (Å²) in [4.78, 5) is 12.0. The Morgan fingerprint density at radius 1 is 1.28 bits per heavy atom. The molecule has 4 nitrogen and oxygen atoms in total. The summed E-state index contributed by atoms with van der Waals surface area (Å²) in [7, 11) is 1.59. The van der Waals surface area contributed by atoms with Gasteiger partial charge in [-0.15, -0.1) is 0 Å². The SMILES string of the molecule is COCCC(N)C(=O)c1ccc(OC(C)C)cc1. The summed E-state index contributed by atoms with van der Waals surface area (Å²) in [6, 6.07) is 6.55. The number of methoxy groups -OCH3 is 1. The third kappa shape index (κ3) is 4.47. The van der Waals surface area contributed by atoms with Gasteiger partial charge in [0.2, 0.25) is 0 Å². The van der Waals surface area contributed by atoms with Crippen LogP contribution in [0.3, 0.4) is 0 Å². The summed E-state index contributed by atoms with van der Waals surface area (Å²) in [5.74, 6) is 0.690. The molecule has 1 aromatic carbocycles. The molecular weight excluding hydrogens is 230 g/mol. The first kappa shape index (κ1) is 14.7. The summed E-state index contributed by atoms with van der Waals surface area (Å²) in [5.41, 5.74) is 6.40. The second-order valence-corrected chi connectivity index (χ2v) is 4.44. The quantitative estimate of drug-likeness (QED) is 0.753. The molecular formula is C14H21NO3. The van der Waals surface area contributed by atoms with Crippen molar-refractivity contribution >= 4 is 5.78 Å². The monoisotopic (exact) mass is 251 g/mol. The maximum absolute atomic E-state index is 12.0. The molecule has 0 aliphatic rings. The molecule has 0 saturated heterocycles. The van der Waals surface area contributed by atoms with Gasteiger partial charge in [0.15, 0.2) is 5.78 Å². The van der Waals surface area contributed by atoms with Crippen LogP contribution in [0.15, 0.2) is 24.3 Å². The van der Waals surface area contributed by atoms with Crippen molar-refractivity contribution < 1.29 is 14.3 Å². The van der Waals surface area contributed by atoms with Crippen LogP contribution in [-0.4, -0.2) is 31.6 Å². The predicted molar refractivity (Wildman–Crippen MR) is 71.0 cm³/mol. The first-order chi connectivity index (χ1) is 8.54. The van der Waals surface area contributed by atoms with Crippen molar-refractivity contribution in [2.45, 2.75) is 32.4 Å². The van der Waals surface area contributed by atoms with Crippen molar-refractivity contribution in [2.24, 2.45) is 5.73 Å². The minimum Gasteiger partial charge on any atom is -0.491 e. The summed E-state index contributed by atoms with van der Waals surface area (Å²) < 4.78 is 10.4. The van der Waals surface area contributed by atoms with Gasteiger partial charge in [-0.2, -0.15) is 0 Å². The van der Waals surface area contributed by atoms with E-state index in [1.165, 1.54) is 0 Å². The van der Waals surface area contributed by atoms with Crippen molar-refractivity contribution in [3.05, 3.63) is 29.8 Å². The average Bonchev–Trinajstić information content (AvgIpc) is 2.35. The van der Waals surface area contributed by atoms with Crippen molar-refractivity contribution in [3.8, 4) is 5.75 Å². The number of nitrogens with two attached hydrogens (primary N) is 1.